The van der Waals surface area contributed by atoms with Crippen LogP contribution in [0, 0.1) is 13.8 Å². The minimum Gasteiger partial charge on any atom is -0.356 e. The van der Waals surface area contributed by atoms with Gasteiger partial charge in [0.05, 0.1) is 9.90 Å². The van der Waals surface area contributed by atoms with Crippen LogP contribution in [0.1, 0.15) is 27.9 Å². The third-order valence-corrected chi connectivity index (χ3v) is 6.95. The van der Waals surface area contributed by atoms with Crippen molar-refractivity contribution in [1.29, 1.82) is 0 Å². The second kappa shape index (κ2) is 12.5. The molecule has 29 heavy (non-hydrogen) atoms. The Kier molecular flexibility index (Phi) is 11.1. The molecular weight excluding hydrogens is 521 g/mol. The Balaban J connectivity index is 0.00000420. The Hall–Kier alpha value is -1.24. The number of nitrogens with zero attached hydrogens (tertiary/aromatic N) is 2. The molecule has 0 aliphatic rings. The topological polar surface area (TPSA) is 95.5 Å². The van der Waals surface area contributed by atoms with Crippen molar-refractivity contribution in [2.24, 2.45) is 4.99 Å². The van der Waals surface area contributed by atoms with Crippen molar-refractivity contribution in [1.82, 2.24) is 20.3 Å². The van der Waals surface area contributed by atoms with Gasteiger partial charge in [0, 0.05) is 44.2 Å². The van der Waals surface area contributed by atoms with Crippen LogP contribution in [0.4, 0.5) is 0 Å². The van der Waals surface area contributed by atoms with E-state index in [4.69, 9.17) is 0 Å². The van der Waals surface area contributed by atoms with Crippen LogP contribution in [0.3, 0.4) is 0 Å². The number of aryl methyl sites for hydroxylation is 3. The summed E-state index contributed by atoms with van der Waals surface area (Å²) < 4.78 is 27.6. The number of nitrogens with one attached hydrogen (secondary N) is 3. The number of hydrogen-bond acceptors (Lipinski definition) is 5. The zero-order chi connectivity index (χ0) is 20.6. The third-order valence-electron chi connectivity index (χ3n) is 4.15. The number of aromatic nitrogens is 1. The summed E-state index contributed by atoms with van der Waals surface area (Å²) >= 11 is 1.73. The molecular formula is C19H30IN5O2S2. The summed E-state index contributed by atoms with van der Waals surface area (Å²) in [5.41, 5.74) is 1.65. The monoisotopic (exact) mass is 551 g/mol. The van der Waals surface area contributed by atoms with Gasteiger partial charge in [0.2, 0.25) is 10.0 Å². The highest BCUT2D eigenvalue weighted by molar-refractivity contribution is 14.0. The third kappa shape index (κ3) is 8.19. The number of thiazole rings is 1. The van der Waals surface area contributed by atoms with E-state index in [2.05, 4.69) is 32.3 Å². The van der Waals surface area contributed by atoms with E-state index >= 15 is 0 Å². The van der Waals surface area contributed by atoms with E-state index in [0.717, 1.165) is 29.0 Å². The number of rotatable bonds is 9. The largest absolute Gasteiger partial charge is 0.356 e. The van der Waals surface area contributed by atoms with Crippen molar-refractivity contribution in [2.45, 2.75) is 38.5 Å². The molecule has 2 rings (SSSR count). The van der Waals surface area contributed by atoms with Crippen molar-refractivity contribution < 1.29 is 8.42 Å². The average Bonchev–Trinajstić information content (AvgIpc) is 3.13. The first-order chi connectivity index (χ1) is 13.4. The van der Waals surface area contributed by atoms with Gasteiger partial charge in [-0.2, -0.15) is 0 Å². The van der Waals surface area contributed by atoms with Gasteiger partial charge in [0.1, 0.15) is 0 Å². The van der Waals surface area contributed by atoms with E-state index in [0.29, 0.717) is 23.9 Å². The quantitative estimate of drug-likeness (QED) is 0.193. The zero-order valence-electron chi connectivity index (χ0n) is 17.3. The molecule has 0 spiro atoms. The molecule has 0 aliphatic heterocycles. The van der Waals surface area contributed by atoms with Gasteiger partial charge in [-0.1, -0.05) is 19.1 Å². The Bertz CT molecular complexity index is 913. The maximum Gasteiger partial charge on any atom is 0.240 e. The van der Waals surface area contributed by atoms with Gasteiger partial charge in [-0.05, 0) is 37.5 Å². The summed E-state index contributed by atoms with van der Waals surface area (Å²) in [5, 5.41) is 7.43. The molecule has 0 fully saturated rings. The molecule has 0 amide bonds. The maximum absolute atomic E-state index is 12.5. The van der Waals surface area contributed by atoms with Gasteiger partial charge >= 0.3 is 0 Å². The summed E-state index contributed by atoms with van der Waals surface area (Å²) in [6.07, 6.45) is 3.76. The fourth-order valence-electron chi connectivity index (χ4n) is 2.58. The SMILES string of the molecule is CCc1cnc(CCNC(=NC)NCCNS(=O)(=O)c2cc(C)ccc2C)s1.I. The predicted molar refractivity (Wildman–Crippen MR) is 131 cm³/mol. The molecule has 2 aromatic rings. The van der Waals surface area contributed by atoms with Crippen LogP contribution < -0.4 is 15.4 Å². The van der Waals surface area contributed by atoms with E-state index in [1.807, 2.05) is 25.3 Å². The number of guanidine groups is 1. The second-order valence-corrected chi connectivity index (χ2v) is 9.35. The lowest BCUT2D eigenvalue weighted by molar-refractivity contribution is 0.580. The van der Waals surface area contributed by atoms with E-state index in [1.165, 1.54) is 4.88 Å². The Morgan fingerprint density at radius 3 is 2.55 bits per heavy atom. The van der Waals surface area contributed by atoms with Crippen molar-refractivity contribution in [2.75, 3.05) is 26.7 Å². The van der Waals surface area contributed by atoms with Gasteiger partial charge in [0.15, 0.2) is 5.96 Å². The van der Waals surface area contributed by atoms with Crippen LogP contribution in [0.5, 0.6) is 0 Å². The molecule has 162 valence electrons. The van der Waals surface area contributed by atoms with Crippen molar-refractivity contribution in [3.63, 3.8) is 0 Å². The number of hydrogen-bond donors (Lipinski definition) is 3. The van der Waals surface area contributed by atoms with Crippen molar-refractivity contribution >= 4 is 51.3 Å². The fourth-order valence-corrected chi connectivity index (χ4v) is 4.80. The molecule has 0 radical (unpaired) electrons. The molecule has 1 heterocycles. The predicted octanol–water partition coefficient (Wildman–Crippen LogP) is 2.63. The van der Waals surface area contributed by atoms with Crippen LogP contribution in [-0.4, -0.2) is 46.0 Å². The summed E-state index contributed by atoms with van der Waals surface area (Å²) in [4.78, 5) is 10.2. The van der Waals surface area contributed by atoms with Gasteiger partial charge < -0.3 is 10.6 Å². The highest BCUT2D eigenvalue weighted by Gasteiger charge is 2.16. The number of sulfonamides is 1. The molecule has 0 bridgehead atoms. The Morgan fingerprint density at radius 2 is 1.90 bits per heavy atom. The number of benzene rings is 1. The van der Waals surface area contributed by atoms with E-state index < -0.39 is 10.0 Å². The van der Waals surface area contributed by atoms with Crippen molar-refractivity contribution in [3.8, 4) is 0 Å². The minimum absolute atomic E-state index is 0. The molecule has 7 nitrogen and oxygen atoms in total. The van der Waals surface area contributed by atoms with Crippen LogP contribution in [-0.2, 0) is 22.9 Å². The van der Waals surface area contributed by atoms with Crippen LogP contribution in [0.15, 0.2) is 34.3 Å². The van der Waals surface area contributed by atoms with Gasteiger partial charge in [-0.15, -0.1) is 35.3 Å². The van der Waals surface area contributed by atoms with E-state index in [9.17, 15) is 8.42 Å². The molecule has 0 saturated heterocycles. The standard InChI is InChI=1S/C19H29N5O2S2.HI/c1-5-16-13-23-18(27-16)8-9-21-19(20-4)22-10-11-24-28(25,26)17-12-14(2)6-7-15(17)3;/h6-7,12-13,24H,5,8-11H2,1-4H3,(H2,20,21,22);1H. The lowest BCUT2D eigenvalue weighted by atomic mass is 10.2. The van der Waals surface area contributed by atoms with E-state index in [-0.39, 0.29) is 30.5 Å². The number of aliphatic imine (C=N–C) groups is 1. The van der Waals surface area contributed by atoms with E-state index in [1.54, 1.807) is 31.4 Å². The first-order valence-electron chi connectivity index (χ1n) is 9.30. The molecule has 0 aliphatic carbocycles. The highest BCUT2D eigenvalue weighted by Crippen LogP contribution is 2.16. The summed E-state index contributed by atoms with van der Waals surface area (Å²) in [5.74, 6) is 0.637. The average molecular weight is 552 g/mol. The second-order valence-electron chi connectivity index (χ2n) is 6.42. The molecule has 0 unspecified atom stereocenters. The van der Waals surface area contributed by atoms with Crippen molar-refractivity contribution in [3.05, 3.63) is 45.4 Å². The highest BCUT2D eigenvalue weighted by atomic mass is 127. The first kappa shape index (κ1) is 25.8. The first-order valence-corrected chi connectivity index (χ1v) is 11.6. The molecule has 0 saturated carbocycles. The van der Waals surface area contributed by atoms with Crippen LogP contribution >= 0.6 is 35.3 Å². The summed E-state index contributed by atoms with van der Waals surface area (Å²) in [6.45, 7) is 7.21. The molecule has 1 aromatic heterocycles. The Labute approximate surface area is 194 Å². The normalized spacial score (nSPS) is 11.8. The summed E-state index contributed by atoms with van der Waals surface area (Å²) in [6, 6.07) is 5.41. The lowest BCUT2D eigenvalue weighted by Gasteiger charge is -2.13. The maximum atomic E-state index is 12.5. The minimum atomic E-state index is -3.53. The van der Waals surface area contributed by atoms with Gasteiger partial charge in [-0.3, -0.25) is 4.99 Å². The molecule has 3 N–H and O–H groups in total. The fraction of sp³-hybridized carbons (Fsp3) is 0.474. The van der Waals surface area contributed by atoms with Crippen LogP contribution in [0.2, 0.25) is 0 Å². The molecule has 10 heteroatoms. The number of halogens is 1. The zero-order valence-corrected chi connectivity index (χ0v) is 21.2. The summed E-state index contributed by atoms with van der Waals surface area (Å²) in [7, 11) is -1.84. The van der Waals surface area contributed by atoms with Gasteiger partial charge in [-0.25, -0.2) is 18.1 Å². The molecule has 1 aromatic carbocycles. The van der Waals surface area contributed by atoms with Crippen LogP contribution in [0.25, 0.3) is 0 Å². The smallest absolute Gasteiger partial charge is 0.240 e. The Morgan fingerprint density at radius 1 is 1.17 bits per heavy atom. The lowest BCUT2D eigenvalue weighted by Crippen LogP contribution is -2.42. The van der Waals surface area contributed by atoms with Gasteiger partial charge in [0.25, 0.3) is 0 Å². The molecule has 0 atom stereocenters.